The standard InChI is InChI=1S/C56H80N6O9/c1-33(2)30-60-22-20-56(21-23-60)58-45-42-43-49(65)39(8)52-44(42)53(67)55(9,71-52)69-28-14-17-35(4)51(70-41(63)32-62-26-24-61(25-27-62)31-40-18-11-10-12-19-40)38(7)48(64)37(6)29-34(3)15-13-16-36(5)54(68)57-47(50(43)66)46(45)59-56/h13-16,28,33-35,37-38,40,48,51,64-66H,10-12,17-27,29-32H2,1-9H3,(H,57,68)/b15-13+,28-14+,36-16-/t34?,35-,37-,38-,48?,51?,55?/m1/s1. The van der Waals surface area contributed by atoms with Crippen LogP contribution in [0.2, 0.25) is 0 Å². The smallest absolute Gasteiger partial charge is 0.320 e. The average Bonchev–Trinajstić information content (AvgIpc) is 3.84. The number of hydrogen-bond donors (Lipinski definition) is 4. The average molecular weight is 981 g/mol. The Hall–Kier alpha value is -4.83. The van der Waals surface area contributed by atoms with Crippen molar-refractivity contribution >= 4 is 34.1 Å². The molecule has 15 heteroatoms. The van der Waals surface area contributed by atoms with Crippen LogP contribution in [0.4, 0.5) is 5.69 Å². The number of nitrogens with zero attached hydrogens (tertiary/aromatic N) is 5. The van der Waals surface area contributed by atoms with Gasteiger partial charge in [0.2, 0.25) is 0 Å². The number of fused-ring (bicyclic) bond motifs is 13. The number of carbonyl (C=O) groups excluding carboxylic acids is 3. The van der Waals surface area contributed by atoms with Crippen molar-refractivity contribution in [3.05, 3.63) is 58.0 Å². The van der Waals surface area contributed by atoms with Crippen molar-refractivity contribution in [1.29, 1.82) is 0 Å². The molecule has 2 saturated heterocycles. The summed E-state index contributed by atoms with van der Waals surface area (Å²) in [6.07, 6.45) is 16.1. The number of ketones is 1. The van der Waals surface area contributed by atoms with E-state index in [0.717, 1.165) is 58.3 Å². The number of piperidine rings is 1. The molecule has 7 aliphatic rings. The van der Waals surface area contributed by atoms with Gasteiger partial charge in [0.1, 0.15) is 28.6 Å². The summed E-state index contributed by atoms with van der Waals surface area (Å²) >= 11 is 0. The van der Waals surface area contributed by atoms with Crippen LogP contribution in [-0.2, 0) is 19.1 Å². The molecule has 71 heavy (non-hydrogen) atoms. The third-order valence-electron chi connectivity index (χ3n) is 16.2. The van der Waals surface area contributed by atoms with Crippen LogP contribution in [0.15, 0.2) is 46.1 Å². The van der Waals surface area contributed by atoms with Gasteiger partial charge in [0.25, 0.3) is 11.7 Å². The van der Waals surface area contributed by atoms with E-state index in [-0.39, 0.29) is 80.1 Å². The first-order valence-corrected chi connectivity index (χ1v) is 26.6. The SMILES string of the molecule is C/C1=C/C=C/C(C)C[C@@H](C)C(O)[C@@H](C)C(OC(=O)CN2CCN(CC3CCCCC3)CC2)[C@H](C)C/C=C/OC2(C)Oc3c(C)c(O)c4c(O)c(c5c(c4c3C2=O)=NC2(CCN(CC(C)C)CC2)N=5)NC1=O. The minimum Gasteiger partial charge on any atom is -0.507 e. The van der Waals surface area contributed by atoms with Gasteiger partial charge in [0.15, 0.2) is 11.4 Å². The first-order chi connectivity index (χ1) is 33.8. The fraction of sp³-hybridized carbons (Fsp3) is 0.661. The molecule has 3 fully saturated rings. The molecule has 7 atom stereocenters. The highest BCUT2D eigenvalue weighted by molar-refractivity contribution is 6.19. The Balaban J connectivity index is 1.10. The number of hydrogen-bond acceptors (Lipinski definition) is 14. The van der Waals surface area contributed by atoms with E-state index < -0.39 is 47.0 Å². The summed E-state index contributed by atoms with van der Waals surface area (Å²) in [5.41, 5.74) is -0.266. The highest BCUT2D eigenvalue weighted by Crippen LogP contribution is 2.50. The first-order valence-electron chi connectivity index (χ1n) is 26.6. The number of aliphatic hydroxyl groups excluding tert-OH is 1. The number of carbonyl (C=O) groups is 3. The summed E-state index contributed by atoms with van der Waals surface area (Å²) in [5.74, 6) is -3.46. The van der Waals surface area contributed by atoms with Gasteiger partial charge in [-0.15, -0.1) is 0 Å². The zero-order valence-electron chi connectivity index (χ0n) is 43.8. The number of phenols is 2. The number of aromatic hydroxyl groups is 2. The molecule has 1 amide bonds. The maximum atomic E-state index is 14.9. The van der Waals surface area contributed by atoms with Crippen molar-refractivity contribution < 1.29 is 43.9 Å². The fourth-order valence-electron chi connectivity index (χ4n) is 12.0. The van der Waals surface area contributed by atoms with Crippen molar-refractivity contribution in [3.8, 4) is 17.2 Å². The van der Waals surface area contributed by atoms with Gasteiger partial charge in [-0.05, 0) is 75.2 Å². The van der Waals surface area contributed by atoms with E-state index in [2.05, 4.69) is 40.8 Å². The monoisotopic (exact) mass is 981 g/mol. The van der Waals surface area contributed by atoms with Gasteiger partial charge in [-0.2, -0.15) is 0 Å². The molecule has 2 aromatic rings. The molecule has 4 N–H and O–H groups in total. The van der Waals surface area contributed by atoms with Gasteiger partial charge < -0.3 is 44.6 Å². The lowest BCUT2D eigenvalue weighted by Crippen LogP contribution is -2.50. The molecular weight excluding hydrogens is 901 g/mol. The number of allylic oxidation sites excluding steroid dienone is 4. The van der Waals surface area contributed by atoms with E-state index in [9.17, 15) is 29.7 Å². The van der Waals surface area contributed by atoms with E-state index in [1.54, 1.807) is 26.0 Å². The number of rotatable bonds is 7. The van der Waals surface area contributed by atoms with Crippen LogP contribution in [0, 0.1) is 42.4 Å². The molecule has 0 aromatic heterocycles. The molecule has 1 aliphatic carbocycles. The van der Waals surface area contributed by atoms with E-state index in [0.29, 0.717) is 37.2 Å². The summed E-state index contributed by atoms with van der Waals surface area (Å²) < 4.78 is 19.0. The number of phenolic OH excluding ortho intramolecular Hbond substituents is 2. The molecule has 9 rings (SSSR count). The Bertz CT molecular complexity index is 2550. The normalized spacial score (nSPS) is 31.1. The van der Waals surface area contributed by atoms with Crippen molar-refractivity contribution in [2.24, 2.45) is 45.5 Å². The highest BCUT2D eigenvalue weighted by Gasteiger charge is 2.50. The second-order valence-electron chi connectivity index (χ2n) is 22.6. The molecule has 6 heterocycles. The molecule has 1 saturated carbocycles. The van der Waals surface area contributed by atoms with Crippen LogP contribution in [-0.4, -0.2) is 130 Å². The quantitative estimate of drug-likeness (QED) is 0.160. The Morgan fingerprint density at radius 1 is 0.901 bits per heavy atom. The molecule has 15 nitrogen and oxygen atoms in total. The Morgan fingerprint density at radius 3 is 2.27 bits per heavy atom. The van der Waals surface area contributed by atoms with Crippen molar-refractivity contribution in [3.63, 3.8) is 0 Å². The van der Waals surface area contributed by atoms with Crippen molar-refractivity contribution in [1.82, 2.24) is 14.7 Å². The zero-order valence-corrected chi connectivity index (χ0v) is 43.8. The number of Topliss-reactive ketones (excluding diaryl/α,β-unsaturated/α-hetero) is 1. The van der Waals surface area contributed by atoms with Crippen LogP contribution in [0.5, 0.6) is 17.2 Å². The van der Waals surface area contributed by atoms with Gasteiger partial charge in [-0.1, -0.05) is 79.0 Å². The zero-order chi connectivity index (χ0) is 50.9. The third kappa shape index (κ3) is 11.2. The maximum absolute atomic E-state index is 14.9. The molecule has 5 bridgehead atoms. The van der Waals surface area contributed by atoms with Gasteiger partial charge >= 0.3 is 11.8 Å². The number of ether oxygens (including phenoxy) is 3. The van der Waals surface area contributed by atoms with Crippen LogP contribution in [0.3, 0.4) is 0 Å². The van der Waals surface area contributed by atoms with Crippen LogP contribution in [0.1, 0.15) is 129 Å². The Labute approximate surface area is 420 Å². The van der Waals surface area contributed by atoms with Crippen LogP contribution in [0.25, 0.3) is 10.8 Å². The topological polar surface area (TPSA) is 186 Å². The molecule has 2 aromatic carbocycles. The largest absolute Gasteiger partial charge is 0.507 e. The predicted molar refractivity (Wildman–Crippen MR) is 274 cm³/mol. The lowest BCUT2D eigenvalue weighted by Gasteiger charge is -2.38. The third-order valence-corrected chi connectivity index (χ3v) is 16.2. The first kappa shape index (κ1) is 52.5. The fourth-order valence-corrected chi connectivity index (χ4v) is 12.0. The highest BCUT2D eigenvalue weighted by atomic mass is 16.7. The van der Waals surface area contributed by atoms with E-state index >= 15 is 0 Å². The molecular formula is C56H80N6O9. The summed E-state index contributed by atoms with van der Waals surface area (Å²) in [7, 11) is 0. The molecule has 4 unspecified atom stereocenters. The van der Waals surface area contributed by atoms with E-state index in [4.69, 9.17) is 24.2 Å². The molecule has 1 spiro atoms. The molecule has 0 radical (unpaired) electrons. The summed E-state index contributed by atoms with van der Waals surface area (Å²) in [4.78, 5) is 60.3. The van der Waals surface area contributed by atoms with Crippen molar-refractivity contribution in [2.75, 3.05) is 64.2 Å². The Kier molecular flexibility index (Phi) is 16.1. The number of likely N-dealkylation sites (tertiary alicyclic amines) is 1. The van der Waals surface area contributed by atoms with Gasteiger partial charge in [-0.25, -0.2) is 0 Å². The lowest BCUT2D eigenvalue weighted by atomic mass is 9.80. The second-order valence-corrected chi connectivity index (χ2v) is 22.6. The van der Waals surface area contributed by atoms with E-state index in [1.807, 2.05) is 32.9 Å². The van der Waals surface area contributed by atoms with E-state index in [1.165, 1.54) is 45.3 Å². The van der Waals surface area contributed by atoms with Gasteiger partial charge in [0, 0.05) is 94.6 Å². The maximum Gasteiger partial charge on any atom is 0.320 e. The number of anilines is 1. The van der Waals surface area contributed by atoms with Crippen LogP contribution < -0.4 is 20.8 Å². The summed E-state index contributed by atoms with van der Waals surface area (Å²) in [6, 6.07) is 0. The second kappa shape index (κ2) is 21.7. The molecule has 6 aliphatic heterocycles. The number of aliphatic hydroxyl groups is 1. The summed E-state index contributed by atoms with van der Waals surface area (Å²) in [5, 5.41) is 39.6. The van der Waals surface area contributed by atoms with Gasteiger partial charge in [-0.3, -0.25) is 29.3 Å². The lowest BCUT2D eigenvalue weighted by molar-refractivity contribution is -0.160. The number of nitrogens with one attached hydrogen (secondary N) is 1. The van der Waals surface area contributed by atoms with Crippen LogP contribution >= 0.6 is 0 Å². The minimum atomic E-state index is -1.87. The number of amides is 1. The number of esters is 1. The molecule has 388 valence electrons. The predicted octanol–water partition coefficient (Wildman–Crippen LogP) is 7.33. The number of benzene rings is 2. The summed E-state index contributed by atoms with van der Waals surface area (Å²) in [6.45, 7) is 24.3. The Morgan fingerprint density at radius 2 is 1.58 bits per heavy atom. The van der Waals surface area contributed by atoms with Gasteiger partial charge in [0.05, 0.1) is 35.2 Å². The number of piperazine rings is 1. The minimum absolute atomic E-state index is 0.00294. The van der Waals surface area contributed by atoms with Crippen molar-refractivity contribution in [2.45, 2.75) is 144 Å².